The summed E-state index contributed by atoms with van der Waals surface area (Å²) in [4.78, 5) is 7.97. The maximum absolute atomic E-state index is 10.2. The zero-order valence-corrected chi connectivity index (χ0v) is 9.39. The van der Waals surface area contributed by atoms with Crippen LogP contribution in [-0.2, 0) is 4.74 Å². The van der Waals surface area contributed by atoms with Crippen molar-refractivity contribution in [1.82, 2.24) is 9.97 Å². The smallest absolute Gasteiger partial charge is 0.223 e. The first-order chi connectivity index (χ1) is 8.22. The van der Waals surface area contributed by atoms with E-state index in [9.17, 15) is 5.11 Å². The van der Waals surface area contributed by atoms with Crippen molar-refractivity contribution in [1.29, 1.82) is 5.26 Å². The van der Waals surface area contributed by atoms with Gasteiger partial charge in [0.05, 0.1) is 5.60 Å². The molecule has 1 aliphatic rings. The van der Waals surface area contributed by atoms with Crippen molar-refractivity contribution in [2.75, 3.05) is 25.1 Å². The molecule has 2 N–H and O–H groups in total. The fourth-order valence-corrected chi connectivity index (χ4v) is 1.68. The molecule has 6 heteroatoms. The molecule has 0 bridgehead atoms. The molecule has 0 amide bonds. The molecule has 1 aliphatic heterocycles. The molecule has 90 valence electrons. The molecular weight excluding hydrogens is 220 g/mol. The van der Waals surface area contributed by atoms with Crippen LogP contribution in [0.5, 0.6) is 0 Å². The first-order valence-corrected chi connectivity index (χ1v) is 5.49. The molecule has 0 saturated carbocycles. The molecule has 0 aliphatic carbocycles. The van der Waals surface area contributed by atoms with Crippen LogP contribution in [0.4, 0.5) is 5.95 Å². The van der Waals surface area contributed by atoms with Gasteiger partial charge in [-0.1, -0.05) is 0 Å². The Bertz CT molecular complexity index is 424. The Morgan fingerprint density at radius 2 is 2.29 bits per heavy atom. The van der Waals surface area contributed by atoms with Crippen LogP contribution in [0, 0.1) is 11.3 Å². The van der Waals surface area contributed by atoms with Crippen molar-refractivity contribution in [2.24, 2.45) is 0 Å². The minimum Gasteiger partial charge on any atom is -0.388 e. The van der Waals surface area contributed by atoms with Crippen LogP contribution >= 0.6 is 0 Å². The van der Waals surface area contributed by atoms with E-state index in [1.54, 1.807) is 0 Å². The molecule has 2 heterocycles. The minimum atomic E-state index is -0.774. The number of nitrogens with one attached hydrogen (secondary N) is 1. The predicted molar refractivity (Wildman–Crippen MR) is 60.2 cm³/mol. The lowest BCUT2D eigenvalue weighted by molar-refractivity contribution is -0.0544. The number of hydrogen-bond acceptors (Lipinski definition) is 6. The first-order valence-electron chi connectivity index (χ1n) is 5.49. The largest absolute Gasteiger partial charge is 0.388 e. The number of aromatic nitrogens is 2. The Labute approximate surface area is 99.3 Å². The van der Waals surface area contributed by atoms with Gasteiger partial charge in [0, 0.05) is 38.8 Å². The SMILES string of the molecule is N#Cc1ccnc(NCC2(O)CCOCC2)n1. The van der Waals surface area contributed by atoms with Gasteiger partial charge in [-0.15, -0.1) is 0 Å². The average Bonchev–Trinajstić information content (AvgIpc) is 2.38. The van der Waals surface area contributed by atoms with Crippen LogP contribution in [0.1, 0.15) is 18.5 Å². The maximum Gasteiger partial charge on any atom is 0.223 e. The zero-order chi connectivity index (χ0) is 12.1. The van der Waals surface area contributed by atoms with Gasteiger partial charge in [0.2, 0.25) is 5.95 Å². The average molecular weight is 234 g/mol. The molecule has 1 aromatic heterocycles. The Morgan fingerprint density at radius 1 is 1.53 bits per heavy atom. The first kappa shape index (κ1) is 11.8. The van der Waals surface area contributed by atoms with E-state index in [1.807, 2.05) is 6.07 Å². The van der Waals surface area contributed by atoms with Crippen LogP contribution in [0.3, 0.4) is 0 Å². The highest BCUT2D eigenvalue weighted by Gasteiger charge is 2.29. The van der Waals surface area contributed by atoms with E-state index >= 15 is 0 Å². The maximum atomic E-state index is 10.2. The molecule has 17 heavy (non-hydrogen) atoms. The van der Waals surface area contributed by atoms with Gasteiger partial charge in [-0.05, 0) is 6.07 Å². The third kappa shape index (κ3) is 3.12. The summed E-state index contributed by atoms with van der Waals surface area (Å²) in [5.74, 6) is 0.365. The van der Waals surface area contributed by atoms with Gasteiger partial charge in [0.25, 0.3) is 0 Å². The summed E-state index contributed by atoms with van der Waals surface area (Å²) in [5, 5.41) is 21.8. The highest BCUT2D eigenvalue weighted by molar-refractivity contribution is 5.30. The molecule has 0 unspecified atom stereocenters. The van der Waals surface area contributed by atoms with E-state index < -0.39 is 5.60 Å². The highest BCUT2D eigenvalue weighted by Crippen LogP contribution is 2.20. The third-order valence-electron chi connectivity index (χ3n) is 2.77. The quantitative estimate of drug-likeness (QED) is 0.781. The second-order valence-corrected chi connectivity index (χ2v) is 4.07. The molecule has 1 aromatic rings. The summed E-state index contributed by atoms with van der Waals surface area (Å²) in [5.41, 5.74) is -0.467. The Balaban J connectivity index is 1.95. The Hall–Kier alpha value is -1.71. The lowest BCUT2D eigenvalue weighted by Gasteiger charge is -2.31. The van der Waals surface area contributed by atoms with Gasteiger partial charge >= 0.3 is 0 Å². The van der Waals surface area contributed by atoms with E-state index in [1.165, 1.54) is 12.3 Å². The van der Waals surface area contributed by atoms with Crippen molar-refractivity contribution >= 4 is 5.95 Å². The summed E-state index contributed by atoms with van der Waals surface area (Å²) in [6.07, 6.45) is 2.71. The number of hydrogen-bond donors (Lipinski definition) is 2. The fourth-order valence-electron chi connectivity index (χ4n) is 1.68. The summed E-state index contributed by atoms with van der Waals surface area (Å²) in [7, 11) is 0. The van der Waals surface area contributed by atoms with Crippen LogP contribution < -0.4 is 5.32 Å². The van der Waals surface area contributed by atoms with Crippen molar-refractivity contribution < 1.29 is 9.84 Å². The van der Waals surface area contributed by atoms with Gasteiger partial charge in [-0.2, -0.15) is 5.26 Å². The van der Waals surface area contributed by atoms with E-state index in [0.717, 1.165) is 0 Å². The number of anilines is 1. The Morgan fingerprint density at radius 3 is 3.00 bits per heavy atom. The van der Waals surface area contributed by atoms with Gasteiger partial charge in [-0.25, -0.2) is 9.97 Å². The van der Waals surface area contributed by atoms with Gasteiger partial charge in [0.15, 0.2) is 0 Å². The second kappa shape index (κ2) is 5.08. The normalized spacial score (nSPS) is 18.4. The molecule has 0 atom stereocenters. The molecule has 0 aromatic carbocycles. The van der Waals surface area contributed by atoms with Crippen molar-refractivity contribution in [3.8, 4) is 6.07 Å². The van der Waals surface area contributed by atoms with E-state index in [2.05, 4.69) is 15.3 Å². The number of nitrogens with zero attached hydrogens (tertiary/aromatic N) is 3. The molecular formula is C11H14N4O2. The van der Waals surface area contributed by atoms with Crippen molar-refractivity contribution in [3.63, 3.8) is 0 Å². The van der Waals surface area contributed by atoms with Crippen molar-refractivity contribution in [3.05, 3.63) is 18.0 Å². The number of ether oxygens (including phenoxy) is 1. The number of rotatable bonds is 3. The topological polar surface area (TPSA) is 91.1 Å². The second-order valence-electron chi connectivity index (χ2n) is 4.07. The van der Waals surface area contributed by atoms with Crippen LogP contribution in [0.15, 0.2) is 12.3 Å². The molecule has 0 spiro atoms. The molecule has 2 rings (SSSR count). The lowest BCUT2D eigenvalue weighted by Crippen LogP contribution is -2.42. The zero-order valence-electron chi connectivity index (χ0n) is 9.39. The summed E-state index contributed by atoms with van der Waals surface area (Å²) < 4.78 is 5.19. The molecule has 6 nitrogen and oxygen atoms in total. The van der Waals surface area contributed by atoms with Gasteiger partial charge in [0.1, 0.15) is 11.8 Å². The Kier molecular flexibility index (Phi) is 3.52. The number of aliphatic hydroxyl groups is 1. The predicted octanol–water partition coefficient (Wildman–Crippen LogP) is 0.302. The lowest BCUT2D eigenvalue weighted by atomic mass is 9.94. The fraction of sp³-hybridized carbons (Fsp3) is 0.545. The van der Waals surface area contributed by atoms with Crippen molar-refractivity contribution in [2.45, 2.75) is 18.4 Å². The summed E-state index contributed by atoms with van der Waals surface area (Å²) >= 11 is 0. The third-order valence-corrected chi connectivity index (χ3v) is 2.77. The summed E-state index contributed by atoms with van der Waals surface area (Å²) in [6, 6.07) is 3.48. The number of nitriles is 1. The van der Waals surface area contributed by atoms with Crippen LogP contribution in [0.2, 0.25) is 0 Å². The monoisotopic (exact) mass is 234 g/mol. The van der Waals surface area contributed by atoms with E-state index in [-0.39, 0.29) is 0 Å². The van der Waals surface area contributed by atoms with Gasteiger partial charge < -0.3 is 15.2 Å². The highest BCUT2D eigenvalue weighted by atomic mass is 16.5. The van der Waals surface area contributed by atoms with E-state index in [4.69, 9.17) is 10.00 Å². The van der Waals surface area contributed by atoms with E-state index in [0.29, 0.717) is 44.2 Å². The molecule has 1 fully saturated rings. The minimum absolute atomic E-state index is 0.307. The molecule has 0 radical (unpaired) electrons. The molecule has 1 saturated heterocycles. The van der Waals surface area contributed by atoms with Gasteiger partial charge in [-0.3, -0.25) is 0 Å². The van der Waals surface area contributed by atoms with Crippen LogP contribution in [-0.4, -0.2) is 40.4 Å². The standard InChI is InChI=1S/C11H14N4O2/c12-7-9-1-4-13-10(15-9)14-8-11(16)2-5-17-6-3-11/h1,4,16H,2-3,5-6,8H2,(H,13,14,15). The summed E-state index contributed by atoms with van der Waals surface area (Å²) in [6.45, 7) is 1.50. The van der Waals surface area contributed by atoms with Crippen LogP contribution in [0.25, 0.3) is 0 Å².